The second-order valence-corrected chi connectivity index (χ2v) is 2.33. The Balaban J connectivity index is 2.19. The SMILES string of the molecule is C1C[C@H]2C[C@H]12. The molecule has 0 bridgehead atoms. The molecule has 0 heteroatoms. The molecule has 2 fully saturated rings. The molecule has 0 radical (unpaired) electrons. The molecule has 2 saturated carbocycles. The first-order valence-electron chi connectivity index (χ1n) is 2.47. The van der Waals surface area contributed by atoms with Crippen LogP contribution in [0.1, 0.15) is 19.3 Å². The first-order valence-corrected chi connectivity index (χ1v) is 2.47. The second-order valence-electron chi connectivity index (χ2n) is 2.33. The van der Waals surface area contributed by atoms with E-state index < -0.39 is 0 Å². The Hall–Kier alpha value is 0. The third kappa shape index (κ3) is 0.132. The number of fused-ring (bicyclic) bond motifs is 1. The smallest absolute Gasteiger partial charge is 0.0383 e. The zero-order valence-electron chi connectivity index (χ0n) is 3.28. The van der Waals surface area contributed by atoms with Crippen LogP contribution in [0, 0.1) is 11.8 Å². The summed E-state index contributed by atoms with van der Waals surface area (Å²) in [5.74, 6) is 2.46. The highest BCUT2D eigenvalue weighted by Crippen LogP contribution is 2.55. The van der Waals surface area contributed by atoms with Crippen molar-refractivity contribution in [3.8, 4) is 0 Å². The third-order valence-corrected chi connectivity index (χ3v) is 1.98. The van der Waals surface area contributed by atoms with Crippen LogP contribution in [0.5, 0.6) is 0 Å². The van der Waals surface area contributed by atoms with E-state index in [0.29, 0.717) is 0 Å². The Morgan fingerprint density at radius 2 is 1.60 bits per heavy atom. The molecular weight excluding hydrogens is 60.1 g/mol. The molecule has 0 heterocycles. The molecule has 0 unspecified atom stereocenters. The summed E-state index contributed by atoms with van der Waals surface area (Å²) in [5, 5.41) is 0. The minimum atomic E-state index is 1.23. The highest BCUT2D eigenvalue weighted by molar-refractivity contribution is 4.95. The van der Waals surface area contributed by atoms with Gasteiger partial charge in [-0.1, -0.05) is 0 Å². The minimum Gasteiger partial charge on any atom is -0.0499 e. The molecule has 0 aliphatic heterocycles. The normalized spacial score (nSPS) is 57.6. The van der Waals surface area contributed by atoms with Crippen molar-refractivity contribution in [3.05, 3.63) is 0 Å². The minimum absolute atomic E-state index is 1.23. The molecule has 5 heavy (non-hydrogen) atoms. The molecule has 0 saturated heterocycles. The topological polar surface area (TPSA) is 0 Å². The third-order valence-electron chi connectivity index (χ3n) is 1.98. The van der Waals surface area contributed by atoms with Crippen LogP contribution in [0.15, 0.2) is 0 Å². The van der Waals surface area contributed by atoms with E-state index in [-0.39, 0.29) is 0 Å². The van der Waals surface area contributed by atoms with Crippen LogP contribution < -0.4 is 0 Å². The van der Waals surface area contributed by atoms with Gasteiger partial charge < -0.3 is 0 Å². The van der Waals surface area contributed by atoms with Crippen molar-refractivity contribution in [3.63, 3.8) is 0 Å². The molecular formula is C5H8. The Labute approximate surface area is 32.2 Å². The first-order chi connectivity index (χ1) is 2.47. The summed E-state index contributed by atoms with van der Waals surface area (Å²) in [5.41, 5.74) is 0. The van der Waals surface area contributed by atoms with Crippen molar-refractivity contribution < 1.29 is 0 Å². The van der Waals surface area contributed by atoms with Gasteiger partial charge in [0.25, 0.3) is 0 Å². The van der Waals surface area contributed by atoms with E-state index in [9.17, 15) is 0 Å². The zero-order chi connectivity index (χ0) is 3.28. The van der Waals surface area contributed by atoms with Gasteiger partial charge in [-0.05, 0) is 31.1 Å². The van der Waals surface area contributed by atoms with Crippen LogP contribution in [0.4, 0.5) is 0 Å². The van der Waals surface area contributed by atoms with Crippen molar-refractivity contribution in [1.82, 2.24) is 0 Å². The molecule has 0 aromatic heterocycles. The molecule has 2 atom stereocenters. The maximum Gasteiger partial charge on any atom is -0.0383 e. The van der Waals surface area contributed by atoms with Crippen LogP contribution in [0.25, 0.3) is 0 Å². The van der Waals surface area contributed by atoms with Gasteiger partial charge in [0.1, 0.15) is 0 Å². The van der Waals surface area contributed by atoms with E-state index in [1.54, 1.807) is 19.3 Å². The van der Waals surface area contributed by atoms with E-state index in [1.807, 2.05) is 0 Å². The molecule has 0 aromatic carbocycles. The quantitative estimate of drug-likeness (QED) is 0.402. The van der Waals surface area contributed by atoms with Crippen LogP contribution in [-0.4, -0.2) is 0 Å². The van der Waals surface area contributed by atoms with Gasteiger partial charge in [-0.2, -0.15) is 0 Å². The highest BCUT2D eigenvalue weighted by Gasteiger charge is 2.44. The van der Waals surface area contributed by atoms with Gasteiger partial charge in [0, 0.05) is 0 Å². The molecule has 28 valence electrons. The number of hydrogen-bond acceptors (Lipinski definition) is 0. The van der Waals surface area contributed by atoms with Crippen LogP contribution >= 0.6 is 0 Å². The molecule has 0 nitrogen and oxygen atoms in total. The summed E-state index contributed by atoms with van der Waals surface area (Å²) < 4.78 is 0. The van der Waals surface area contributed by atoms with Crippen molar-refractivity contribution in [2.75, 3.05) is 0 Å². The monoisotopic (exact) mass is 68.1 g/mol. The average Bonchev–Trinajstić information content (AvgIpc) is 1.74. The van der Waals surface area contributed by atoms with Gasteiger partial charge >= 0.3 is 0 Å². The van der Waals surface area contributed by atoms with Crippen molar-refractivity contribution in [1.29, 1.82) is 0 Å². The molecule has 0 aromatic rings. The number of rotatable bonds is 0. The lowest BCUT2D eigenvalue weighted by Gasteiger charge is -2.04. The van der Waals surface area contributed by atoms with Crippen molar-refractivity contribution in [2.45, 2.75) is 19.3 Å². The Morgan fingerprint density at radius 3 is 1.60 bits per heavy atom. The van der Waals surface area contributed by atoms with E-state index >= 15 is 0 Å². The fraction of sp³-hybridized carbons (Fsp3) is 1.00. The van der Waals surface area contributed by atoms with Gasteiger partial charge in [-0.15, -0.1) is 0 Å². The van der Waals surface area contributed by atoms with E-state index in [0.717, 1.165) is 0 Å². The number of hydrogen-bond donors (Lipinski definition) is 0. The van der Waals surface area contributed by atoms with Crippen LogP contribution in [-0.2, 0) is 0 Å². The predicted octanol–water partition coefficient (Wildman–Crippen LogP) is 1.42. The largest absolute Gasteiger partial charge is 0.0499 e. The predicted molar refractivity (Wildman–Crippen MR) is 20.8 cm³/mol. The molecule has 0 spiro atoms. The van der Waals surface area contributed by atoms with Gasteiger partial charge in [0.15, 0.2) is 0 Å². The standard InChI is InChI=1S/C5H8/c1-2-5-3-4(1)5/h4-5H,1-3H2/t4-,5-/m0/s1. The molecule has 0 amide bonds. The van der Waals surface area contributed by atoms with Gasteiger partial charge in [-0.3, -0.25) is 0 Å². The summed E-state index contributed by atoms with van der Waals surface area (Å²) in [6.07, 6.45) is 4.70. The second kappa shape index (κ2) is 0.444. The lowest BCUT2D eigenvalue weighted by Crippen LogP contribution is -1.93. The van der Waals surface area contributed by atoms with E-state index in [2.05, 4.69) is 0 Å². The Kier molecular flexibility index (Phi) is 0.198. The molecule has 0 N–H and O–H groups in total. The van der Waals surface area contributed by atoms with Crippen molar-refractivity contribution in [2.24, 2.45) is 11.8 Å². The molecule has 2 rings (SSSR count). The summed E-state index contributed by atoms with van der Waals surface area (Å²) in [6.45, 7) is 0. The lowest BCUT2D eigenvalue weighted by atomic mass is 10.0. The average molecular weight is 68.1 g/mol. The Morgan fingerprint density at radius 1 is 1.00 bits per heavy atom. The lowest BCUT2D eigenvalue weighted by molar-refractivity contribution is 0.468. The van der Waals surface area contributed by atoms with E-state index in [4.69, 9.17) is 0 Å². The first kappa shape index (κ1) is 2.22. The summed E-state index contributed by atoms with van der Waals surface area (Å²) in [6, 6.07) is 0. The summed E-state index contributed by atoms with van der Waals surface area (Å²) >= 11 is 0. The molecule has 2 aliphatic rings. The Bertz CT molecular complexity index is 45.1. The van der Waals surface area contributed by atoms with Gasteiger partial charge in [-0.25, -0.2) is 0 Å². The van der Waals surface area contributed by atoms with Gasteiger partial charge in [0.05, 0.1) is 0 Å². The fourth-order valence-corrected chi connectivity index (χ4v) is 1.18. The summed E-state index contributed by atoms with van der Waals surface area (Å²) in [4.78, 5) is 0. The highest BCUT2D eigenvalue weighted by atomic mass is 14.5. The maximum atomic E-state index is 1.58. The molecule has 2 aliphatic carbocycles. The maximum absolute atomic E-state index is 1.58. The van der Waals surface area contributed by atoms with Crippen LogP contribution in [0.3, 0.4) is 0 Å². The van der Waals surface area contributed by atoms with Gasteiger partial charge in [0.2, 0.25) is 0 Å². The van der Waals surface area contributed by atoms with Crippen molar-refractivity contribution >= 4 is 0 Å². The summed E-state index contributed by atoms with van der Waals surface area (Å²) in [7, 11) is 0. The van der Waals surface area contributed by atoms with E-state index in [1.165, 1.54) is 11.8 Å². The fourth-order valence-electron chi connectivity index (χ4n) is 1.18. The zero-order valence-corrected chi connectivity index (χ0v) is 3.28. The van der Waals surface area contributed by atoms with Crippen LogP contribution in [0.2, 0.25) is 0 Å².